The molecule has 1 aromatic carbocycles. The van der Waals surface area contributed by atoms with E-state index in [4.69, 9.17) is 0 Å². The van der Waals surface area contributed by atoms with Gasteiger partial charge < -0.3 is 10.1 Å². The molecule has 2 rings (SSSR count). The second-order valence-corrected chi connectivity index (χ2v) is 6.72. The van der Waals surface area contributed by atoms with Crippen LogP contribution in [-0.4, -0.2) is 38.6 Å². The zero-order chi connectivity index (χ0) is 18.3. The minimum absolute atomic E-state index is 0.102. The van der Waals surface area contributed by atoms with Gasteiger partial charge in [0.1, 0.15) is 10.9 Å². The Hall–Kier alpha value is -2.94. The maximum absolute atomic E-state index is 12.4. The number of benzene rings is 1. The van der Waals surface area contributed by atoms with E-state index < -0.39 is 28.1 Å². The summed E-state index contributed by atoms with van der Waals surface area (Å²) >= 11 is 0. The van der Waals surface area contributed by atoms with E-state index in [1.54, 1.807) is 30.3 Å². The van der Waals surface area contributed by atoms with E-state index in [0.29, 0.717) is 0 Å². The molecule has 0 radical (unpaired) electrons. The third-order valence-electron chi connectivity index (χ3n) is 3.26. The lowest BCUT2D eigenvalue weighted by Gasteiger charge is -2.18. The Morgan fingerprint density at radius 3 is 2.48 bits per heavy atom. The van der Waals surface area contributed by atoms with Crippen LogP contribution in [0.1, 0.15) is 5.56 Å². The van der Waals surface area contributed by atoms with Gasteiger partial charge in [0.25, 0.3) is 15.9 Å². The van der Waals surface area contributed by atoms with Crippen LogP contribution >= 0.6 is 0 Å². The number of hydrogen-bond donors (Lipinski definition) is 2. The van der Waals surface area contributed by atoms with Crippen LogP contribution in [0.5, 0.6) is 0 Å². The molecule has 0 aliphatic rings. The number of aromatic nitrogens is 1. The summed E-state index contributed by atoms with van der Waals surface area (Å²) in [6, 6.07) is 10.5. The summed E-state index contributed by atoms with van der Waals surface area (Å²) in [5.74, 6) is -0.877. The molecule has 1 aromatic heterocycles. The van der Waals surface area contributed by atoms with Crippen LogP contribution in [0.25, 0.3) is 0 Å². The molecule has 2 aromatic rings. The Bertz CT molecular complexity index is 825. The van der Waals surface area contributed by atoms with Gasteiger partial charge in [0, 0.05) is 18.8 Å². The van der Waals surface area contributed by atoms with Crippen molar-refractivity contribution in [3.63, 3.8) is 0 Å². The second kappa shape index (κ2) is 8.25. The van der Waals surface area contributed by atoms with E-state index in [9.17, 15) is 18.0 Å². The number of alkyl carbamates (subject to hydrolysis) is 1. The van der Waals surface area contributed by atoms with Crippen LogP contribution in [0.4, 0.5) is 4.79 Å². The fourth-order valence-electron chi connectivity index (χ4n) is 2.03. The first-order valence-electron chi connectivity index (χ1n) is 7.27. The van der Waals surface area contributed by atoms with Crippen molar-refractivity contribution in [3.8, 4) is 0 Å². The molecule has 2 amide bonds. The number of nitrogens with one attached hydrogen (secondary N) is 2. The summed E-state index contributed by atoms with van der Waals surface area (Å²) in [6.07, 6.45) is 1.80. The van der Waals surface area contributed by atoms with Crippen LogP contribution in [0.3, 0.4) is 0 Å². The molecule has 0 bridgehead atoms. The van der Waals surface area contributed by atoms with Gasteiger partial charge in [-0.1, -0.05) is 30.3 Å². The number of carbonyl (C=O) groups is 2. The van der Waals surface area contributed by atoms with Gasteiger partial charge >= 0.3 is 6.09 Å². The molecule has 2 N–H and O–H groups in total. The number of hydrogen-bond acceptors (Lipinski definition) is 6. The fraction of sp³-hybridized carbons (Fsp3) is 0.188. The molecule has 1 heterocycles. The second-order valence-electron chi connectivity index (χ2n) is 5.04. The van der Waals surface area contributed by atoms with E-state index in [1.165, 1.54) is 18.3 Å². The van der Waals surface area contributed by atoms with Crippen molar-refractivity contribution in [1.82, 2.24) is 15.0 Å². The SMILES string of the molecule is COC(=O)NC(Cc1ccccc1)C(=O)NS(=O)(=O)c1cccnc1. The maximum Gasteiger partial charge on any atom is 0.407 e. The highest BCUT2D eigenvalue weighted by atomic mass is 32.2. The van der Waals surface area contributed by atoms with Crippen LogP contribution in [0.2, 0.25) is 0 Å². The van der Waals surface area contributed by atoms with E-state index in [1.807, 2.05) is 4.72 Å². The number of amides is 2. The fourth-order valence-corrected chi connectivity index (χ4v) is 3.01. The number of ether oxygens (including phenoxy) is 1. The van der Waals surface area contributed by atoms with Gasteiger partial charge in [0.15, 0.2) is 0 Å². The number of sulfonamides is 1. The van der Waals surface area contributed by atoms with E-state index in [2.05, 4.69) is 15.0 Å². The number of pyridine rings is 1. The highest BCUT2D eigenvalue weighted by molar-refractivity contribution is 7.90. The lowest BCUT2D eigenvalue weighted by atomic mass is 10.1. The van der Waals surface area contributed by atoms with Crippen LogP contribution in [0.15, 0.2) is 59.8 Å². The summed E-state index contributed by atoms with van der Waals surface area (Å²) in [7, 11) is -2.94. The van der Waals surface area contributed by atoms with Gasteiger partial charge in [-0.05, 0) is 17.7 Å². The summed E-state index contributed by atoms with van der Waals surface area (Å²) in [6.45, 7) is 0. The van der Waals surface area contributed by atoms with Crippen LogP contribution in [-0.2, 0) is 26.0 Å². The first-order valence-corrected chi connectivity index (χ1v) is 8.76. The molecule has 25 heavy (non-hydrogen) atoms. The Balaban J connectivity index is 2.18. The maximum atomic E-state index is 12.4. The van der Waals surface area contributed by atoms with Crippen molar-refractivity contribution in [2.75, 3.05) is 7.11 Å². The van der Waals surface area contributed by atoms with Gasteiger partial charge in [-0.2, -0.15) is 0 Å². The highest BCUT2D eigenvalue weighted by Gasteiger charge is 2.26. The molecule has 0 spiro atoms. The molecule has 132 valence electrons. The predicted molar refractivity (Wildman–Crippen MR) is 89.0 cm³/mol. The number of methoxy groups -OCH3 is 1. The molecule has 0 saturated carbocycles. The molecular weight excluding hydrogens is 346 g/mol. The average molecular weight is 363 g/mol. The van der Waals surface area contributed by atoms with Crippen molar-refractivity contribution in [2.45, 2.75) is 17.4 Å². The summed E-state index contributed by atoms with van der Waals surface area (Å²) in [5, 5.41) is 2.34. The Morgan fingerprint density at radius 1 is 1.16 bits per heavy atom. The van der Waals surface area contributed by atoms with Crippen molar-refractivity contribution >= 4 is 22.0 Å². The smallest absolute Gasteiger partial charge is 0.407 e. The summed E-state index contributed by atoms with van der Waals surface area (Å²) < 4.78 is 30.9. The minimum atomic E-state index is -4.09. The summed E-state index contributed by atoms with van der Waals surface area (Å²) in [4.78, 5) is 27.4. The predicted octanol–water partition coefficient (Wildman–Crippen LogP) is 0.854. The normalized spacial score (nSPS) is 12.0. The third-order valence-corrected chi connectivity index (χ3v) is 4.59. The molecule has 1 unspecified atom stereocenters. The Morgan fingerprint density at radius 2 is 1.88 bits per heavy atom. The molecule has 0 saturated heterocycles. The number of rotatable bonds is 6. The molecule has 1 atom stereocenters. The standard InChI is InChI=1S/C16H17N3O5S/c1-24-16(21)18-14(10-12-6-3-2-4-7-12)15(20)19-25(22,23)13-8-5-9-17-11-13/h2-9,11,14H,10H2,1H3,(H,18,21)(H,19,20). The van der Waals surface area contributed by atoms with Crippen LogP contribution in [0, 0.1) is 0 Å². The molecule has 0 aliphatic heterocycles. The lowest BCUT2D eigenvalue weighted by Crippen LogP contribution is -2.49. The van der Waals surface area contributed by atoms with Gasteiger partial charge in [-0.15, -0.1) is 0 Å². The van der Waals surface area contributed by atoms with Gasteiger partial charge in [-0.25, -0.2) is 17.9 Å². The first kappa shape index (κ1) is 18.4. The van der Waals surface area contributed by atoms with Crippen molar-refractivity contribution in [3.05, 3.63) is 60.4 Å². The van der Waals surface area contributed by atoms with Crippen LogP contribution < -0.4 is 10.0 Å². The number of carbonyl (C=O) groups excluding carboxylic acids is 2. The topological polar surface area (TPSA) is 114 Å². The Labute approximate surface area is 145 Å². The molecule has 8 nitrogen and oxygen atoms in total. The zero-order valence-corrected chi connectivity index (χ0v) is 14.2. The highest BCUT2D eigenvalue weighted by Crippen LogP contribution is 2.08. The van der Waals surface area contributed by atoms with Gasteiger partial charge in [0.2, 0.25) is 0 Å². The van der Waals surface area contributed by atoms with E-state index >= 15 is 0 Å². The average Bonchev–Trinajstić information content (AvgIpc) is 2.62. The van der Waals surface area contributed by atoms with Gasteiger partial charge in [-0.3, -0.25) is 9.78 Å². The Kier molecular flexibility index (Phi) is 6.07. The monoisotopic (exact) mass is 363 g/mol. The zero-order valence-electron chi connectivity index (χ0n) is 13.4. The summed E-state index contributed by atoms with van der Waals surface area (Å²) in [5.41, 5.74) is 0.748. The minimum Gasteiger partial charge on any atom is -0.453 e. The lowest BCUT2D eigenvalue weighted by molar-refractivity contribution is -0.121. The van der Waals surface area contributed by atoms with Crippen molar-refractivity contribution in [1.29, 1.82) is 0 Å². The van der Waals surface area contributed by atoms with E-state index in [-0.39, 0.29) is 11.3 Å². The van der Waals surface area contributed by atoms with Gasteiger partial charge in [0.05, 0.1) is 7.11 Å². The quantitative estimate of drug-likeness (QED) is 0.786. The molecule has 9 heteroatoms. The molecule has 0 aliphatic carbocycles. The van der Waals surface area contributed by atoms with E-state index in [0.717, 1.165) is 18.9 Å². The number of nitrogens with zero attached hydrogens (tertiary/aromatic N) is 1. The molecular formula is C16H17N3O5S. The third kappa shape index (κ3) is 5.28. The van der Waals surface area contributed by atoms with Crippen molar-refractivity contribution in [2.24, 2.45) is 0 Å². The largest absolute Gasteiger partial charge is 0.453 e. The first-order chi connectivity index (χ1) is 11.9. The molecule has 0 fully saturated rings. The van der Waals surface area contributed by atoms with Crippen molar-refractivity contribution < 1.29 is 22.7 Å².